The van der Waals surface area contributed by atoms with E-state index in [1.165, 1.54) is 6.08 Å². The van der Waals surface area contributed by atoms with Gasteiger partial charge in [-0.25, -0.2) is 0 Å². The first kappa shape index (κ1) is 17.0. The quantitative estimate of drug-likeness (QED) is 0.846. The van der Waals surface area contributed by atoms with E-state index in [1.807, 2.05) is 32.0 Å². The molecule has 1 amide bonds. The fraction of sp³-hybridized carbons (Fsp3) is 0.316. The van der Waals surface area contributed by atoms with Crippen molar-refractivity contribution in [1.82, 2.24) is 14.9 Å². The number of nitrogens with one attached hydrogen (secondary N) is 1. The van der Waals surface area contributed by atoms with Crippen LogP contribution in [0, 0.1) is 6.92 Å². The van der Waals surface area contributed by atoms with Crippen LogP contribution in [0.5, 0.6) is 0 Å². The maximum absolute atomic E-state index is 12.4. The second-order valence-corrected chi connectivity index (χ2v) is 6.18. The standard InChI is InChI=1S/C19H22N4O2/c1-4-18(24)22-11-16(12-22)23(5-2)17-9-15(10-21-19(17)25)14-6-7-20-13(3)8-14/h4,6-10,16H,1,5,11-12H2,2-3H3,(H,21,25). The highest BCUT2D eigenvalue weighted by atomic mass is 16.2. The first-order chi connectivity index (χ1) is 12.0. The number of H-pyrrole nitrogens is 1. The summed E-state index contributed by atoms with van der Waals surface area (Å²) in [6.45, 7) is 9.38. The molecule has 130 valence electrons. The minimum atomic E-state index is -0.120. The molecule has 1 fully saturated rings. The number of aromatic nitrogens is 2. The summed E-state index contributed by atoms with van der Waals surface area (Å²) in [7, 11) is 0. The van der Waals surface area contributed by atoms with Crippen molar-refractivity contribution >= 4 is 11.6 Å². The number of likely N-dealkylation sites (N-methyl/N-ethyl adjacent to an activating group) is 1. The van der Waals surface area contributed by atoms with E-state index in [-0.39, 0.29) is 17.5 Å². The maximum Gasteiger partial charge on any atom is 0.271 e. The first-order valence-corrected chi connectivity index (χ1v) is 8.37. The second kappa shape index (κ2) is 6.93. The van der Waals surface area contributed by atoms with Crippen molar-refractivity contribution in [2.24, 2.45) is 0 Å². The first-order valence-electron chi connectivity index (χ1n) is 8.37. The summed E-state index contributed by atoms with van der Waals surface area (Å²) in [6.07, 6.45) is 4.81. The Kier molecular flexibility index (Phi) is 4.70. The van der Waals surface area contributed by atoms with Gasteiger partial charge in [0.2, 0.25) is 5.91 Å². The number of rotatable bonds is 5. The maximum atomic E-state index is 12.4. The molecule has 1 N–H and O–H groups in total. The molecule has 1 saturated heterocycles. The Labute approximate surface area is 146 Å². The van der Waals surface area contributed by atoms with Crippen LogP contribution in [0.15, 0.2) is 48.0 Å². The number of hydrogen-bond acceptors (Lipinski definition) is 4. The number of nitrogens with zero attached hydrogens (tertiary/aromatic N) is 3. The molecule has 0 atom stereocenters. The lowest BCUT2D eigenvalue weighted by Gasteiger charge is -2.45. The van der Waals surface area contributed by atoms with E-state index in [2.05, 4.69) is 21.4 Å². The van der Waals surface area contributed by atoms with Gasteiger partial charge in [0.25, 0.3) is 5.56 Å². The Balaban J connectivity index is 1.88. The molecule has 0 radical (unpaired) electrons. The van der Waals surface area contributed by atoms with E-state index in [9.17, 15) is 9.59 Å². The smallest absolute Gasteiger partial charge is 0.271 e. The molecule has 1 aliphatic rings. The number of aromatic amines is 1. The topological polar surface area (TPSA) is 69.3 Å². The number of carbonyl (C=O) groups excluding carboxylic acids is 1. The fourth-order valence-electron chi connectivity index (χ4n) is 3.16. The summed E-state index contributed by atoms with van der Waals surface area (Å²) in [5.41, 5.74) is 3.39. The van der Waals surface area contributed by atoms with E-state index < -0.39 is 0 Å². The van der Waals surface area contributed by atoms with Gasteiger partial charge < -0.3 is 14.8 Å². The molecular weight excluding hydrogens is 316 g/mol. The molecule has 3 rings (SSSR count). The van der Waals surface area contributed by atoms with Crippen LogP contribution in [0.1, 0.15) is 12.6 Å². The van der Waals surface area contributed by atoms with E-state index in [0.717, 1.165) is 16.8 Å². The summed E-state index contributed by atoms with van der Waals surface area (Å²) in [5, 5.41) is 0. The third kappa shape index (κ3) is 3.33. The van der Waals surface area contributed by atoms with Gasteiger partial charge in [0.05, 0.1) is 6.04 Å². The van der Waals surface area contributed by atoms with Crippen LogP contribution < -0.4 is 10.5 Å². The number of pyridine rings is 2. The summed E-state index contributed by atoms with van der Waals surface area (Å²) >= 11 is 0. The molecule has 0 aliphatic carbocycles. The van der Waals surface area contributed by atoms with Gasteiger partial charge in [-0.1, -0.05) is 6.58 Å². The highest BCUT2D eigenvalue weighted by Crippen LogP contribution is 2.25. The molecule has 0 bridgehead atoms. The van der Waals surface area contributed by atoms with E-state index >= 15 is 0 Å². The van der Waals surface area contributed by atoms with Crippen molar-refractivity contribution in [3.8, 4) is 11.1 Å². The van der Waals surface area contributed by atoms with Crippen molar-refractivity contribution in [2.45, 2.75) is 19.9 Å². The molecule has 25 heavy (non-hydrogen) atoms. The Morgan fingerprint density at radius 1 is 1.44 bits per heavy atom. The van der Waals surface area contributed by atoms with E-state index in [1.54, 1.807) is 17.3 Å². The van der Waals surface area contributed by atoms with Gasteiger partial charge in [-0.05, 0) is 43.7 Å². The minimum Gasteiger partial charge on any atom is -0.361 e. The van der Waals surface area contributed by atoms with Crippen LogP contribution in [0.3, 0.4) is 0 Å². The molecular formula is C19H22N4O2. The largest absolute Gasteiger partial charge is 0.361 e. The summed E-state index contributed by atoms with van der Waals surface area (Å²) in [4.78, 5) is 34.9. The molecule has 6 nitrogen and oxygen atoms in total. The van der Waals surface area contributed by atoms with Crippen LogP contribution in [0.4, 0.5) is 5.69 Å². The van der Waals surface area contributed by atoms with Gasteiger partial charge >= 0.3 is 0 Å². The molecule has 0 saturated carbocycles. The summed E-state index contributed by atoms with van der Waals surface area (Å²) in [6, 6.07) is 5.97. The van der Waals surface area contributed by atoms with Gasteiger partial charge in [-0.3, -0.25) is 14.6 Å². The van der Waals surface area contributed by atoms with Gasteiger partial charge in [0, 0.05) is 43.3 Å². The van der Waals surface area contributed by atoms with Gasteiger partial charge in [-0.2, -0.15) is 0 Å². The fourth-order valence-corrected chi connectivity index (χ4v) is 3.16. The minimum absolute atomic E-state index is 0.0674. The Bertz CT molecular complexity index is 852. The molecule has 2 aromatic rings. The van der Waals surface area contributed by atoms with E-state index in [0.29, 0.717) is 25.3 Å². The van der Waals surface area contributed by atoms with Crippen LogP contribution in [-0.2, 0) is 4.79 Å². The predicted octanol–water partition coefficient (Wildman–Crippen LogP) is 1.97. The van der Waals surface area contributed by atoms with Crippen LogP contribution >= 0.6 is 0 Å². The third-order valence-corrected chi connectivity index (χ3v) is 4.55. The van der Waals surface area contributed by atoms with Crippen LogP contribution in [0.2, 0.25) is 0 Å². The zero-order valence-corrected chi connectivity index (χ0v) is 14.5. The summed E-state index contributed by atoms with van der Waals surface area (Å²) < 4.78 is 0. The van der Waals surface area contributed by atoms with Crippen molar-refractivity contribution in [3.05, 3.63) is 59.3 Å². The zero-order valence-electron chi connectivity index (χ0n) is 14.5. The van der Waals surface area contributed by atoms with Crippen molar-refractivity contribution in [1.29, 1.82) is 0 Å². The van der Waals surface area contributed by atoms with Crippen molar-refractivity contribution in [3.63, 3.8) is 0 Å². The lowest BCUT2D eigenvalue weighted by atomic mass is 10.0. The number of amides is 1. The summed E-state index contributed by atoms with van der Waals surface area (Å²) in [5.74, 6) is -0.0674. The Morgan fingerprint density at radius 2 is 2.20 bits per heavy atom. The Morgan fingerprint density at radius 3 is 2.84 bits per heavy atom. The number of carbonyl (C=O) groups is 1. The number of likely N-dealkylation sites (tertiary alicyclic amines) is 1. The average Bonchev–Trinajstić information content (AvgIpc) is 2.58. The van der Waals surface area contributed by atoms with Gasteiger partial charge in [0.1, 0.15) is 5.69 Å². The van der Waals surface area contributed by atoms with Crippen molar-refractivity contribution in [2.75, 3.05) is 24.5 Å². The number of hydrogen-bond donors (Lipinski definition) is 1. The molecule has 0 unspecified atom stereocenters. The molecule has 1 aliphatic heterocycles. The lowest BCUT2D eigenvalue weighted by molar-refractivity contribution is -0.130. The molecule has 0 aromatic carbocycles. The second-order valence-electron chi connectivity index (χ2n) is 6.18. The average molecular weight is 338 g/mol. The zero-order chi connectivity index (χ0) is 18.0. The highest BCUT2D eigenvalue weighted by molar-refractivity contribution is 5.87. The molecule has 6 heteroatoms. The van der Waals surface area contributed by atoms with E-state index in [4.69, 9.17) is 0 Å². The van der Waals surface area contributed by atoms with Crippen LogP contribution in [-0.4, -0.2) is 46.5 Å². The predicted molar refractivity (Wildman–Crippen MR) is 98.6 cm³/mol. The van der Waals surface area contributed by atoms with Crippen LogP contribution in [0.25, 0.3) is 11.1 Å². The third-order valence-electron chi connectivity index (χ3n) is 4.55. The lowest BCUT2D eigenvalue weighted by Crippen LogP contribution is -2.61. The van der Waals surface area contributed by atoms with Gasteiger partial charge in [-0.15, -0.1) is 0 Å². The highest BCUT2D eigenvalue weighted by Gasteiger charge is 2.34. The van der Waals surface area contributed by atoms with Gasteiger partial charge in [0.15, 0.2) is 0 Å². The van der Waals surface area contributed by atoms with Crippen molar-refractivity contribution < 1.29 is 4.79 Å². The Hall–Kier alpha value is -2.89. The number of anilines is 1. The SMILES string of the molecule is C=CC(=O)N1CC(N(CC)c2cc(-c3ccnc(C)c3)c[nH]c2=O)C1. The monoisotopic (exact) mass is 338 g/mol. The molecule has 0 spiro atoms. The molecule has 3 heterocycles. The molecule has 2 aromatic heterocycles. The normalized spacial score (nSPS) is 14.1. The number of aryl methyl sites for hydroxylation is 1.